The maximum Gasteiger partial charge on any atom is 0.348 e. The third-order valence-corrected chi connectivity index (χ3v) is 4.73. The van der Waals surface area contributed by atoms with E-state index >= 15 is 0 Å². The van der Waals surface area contributed by atoms with Crippen molar-refractivity contribution in [3.05, 3.63) is 47.5 Å². The number of aromatic nitrogens is 1. The third kappa shape index (κ3) is 3.76. The van der Waals surface area contributed by atoms with Crippen molar-refractivity contribution in [3.63, 3.8) is 0 Å². The summed E-state index contributed by atoms with van der Waals surface area (Å²) >= 11 is 1.07. The SMILES string of the molecule is CC(CC#N)COc1ccccc1-c1nc(-c2ccco2)c(C(=O)O)s1. The van der Waals surface area contributed by atoms with Gasteiger partial charge in [-0.3, -0.25) is 0 Å². The maximum atomic E-state index is 11.6. The molecular weight excluding hydrogens is 352 g/mol. The van der Waals surface area contributed by atoms with Crippen LogP contribution < -0.4 is 4.74 Å². The van der Waals surface area contributed by atoms with Crippen molar-refractivity contribution in [2.75, 3.05) is 6.61 Å². The van der Waals surface area contributed by atoms with Crippen LogP contribution in [0.2, 0.25) is 0 Å². The van der Waals surface area contributed by atoms with Crippen LogP contribution in [-0.4, -0.2) is 22.7 Å². The molecule has 7 heteroatoms. The summed E-state index contributed by atoms with van der Waals surface area (Å²) in [5, 5.41) is 18.8. The summed E-state index contributed by atoms with van der Waals surface area (Å²) in [6, 6.07) is 12.8. The highest BCUT2D eigenvalue weighted by Gasteiger charge is 2.22. The largest absolute Gasteiger partial charge is 0.493 e. The van der Waals surface area contributed by atoms with Crippen LogP contribution in [0.3, 0.4) is 0 Å². The molecule has 2 aromatic heterocycles. The van der Waals surface area contributed by atoms with E-state index in [-0.39, 0.29) is 10.8 Å². The number of nitriles is 1. The van der Waals surface area contributed by atoms with Gasteiger partial charge in [-0.15, -0.1) is 11.3 Å². The predicted molar refractivity (Wildman–Crippen MR) is 97.1 cm³/mol. The van der Waals surface area contributed by atoms with Gasteiger partial charge in [-0.2, -0.15) is 5.26 Å². The van der Waals surface area contributed by atoms with E-state index in [1.165, 1.54) is 6.26 Å². The fourth-order valence-electron chi connectivity index (χ4n) is 2.38. The van der Waals surface area contributed by atoms with Gasteiger partial charge in [0.1, 0.15) is 21.3 Å². The molecule has 0 spiro atoms. The van der Waals surface area contributed by atoms with Gasteiger partial charge in [-0.1, -0.05) is 19.1 Å². The standard InChI is InChI=1S/C19H16N2O4S/c1-12(8-9-20)11-25-14-6-3-2-5-13(14)18-21-16(15-7-4-10-24-15)17(26-18)19(22)23/h2-7,10,12H,8,11H2,1H3,(H,22,23). The van der Waals surface area contributed by atoms with Gasteiger partial charge >= 0.3 is 5.97 Å². The fourth-order valence-corrected chi connectivity index (χ4v) is 3.32. The number of benzene rings is 1. The molecular formula is C19H16N2O4S. The lowest BCUT2D eigenvalue weighted by molar-refractivity contribution is 0.0702. The Morgan fingerprint density at radius 3 is 2.88 bits per heavy atom. The highest BCUT2D eigenvalue weighted by atomic mass is 32.1. The van der Waals surface area contributed by atoms with Gasteiger partial charge in [0, 0.05) is 12.3 Å². The molecule has 0 aliphatic heterocycles. The molecule has 6 nitrogen and oxygen atoms in total. The summed E-state index contributed by atoms with van der Waals surface area (Å²) in [5.74, 6) is 0.0544. The number of aromatic carboxylic acids is 1. The summed E-state index contributed by atoms with van der Waals surface area (Å²) in [4.78, 5) is 16.2. The molecule has 0 saturated heterocycles. The molecule has 1 atom stereocenters. The zero-order chi connectivity index (χ0) is 18.5. The zero-order valence-corrected chi connectivity index (χ0v) is 14.8. The Balaban J connectivity index is 1.96. The minimum atomic E-state index is -1.05. The van der Waals surface area contributed by atoms with Crippen LogP contribution in [0.1, 0.15) is 23.0 Å². The van der Waals surface area contributed by atoms with Crippen molar-refractivity contribution in [1.29, 1.82) is 5.26 Å². The van der Waals surface area contributed by atoms with Crippen molar-refractivity contribution in [2.24, 2.45) is 5.92 Å². The first-order valence-electron chi connectivity index (χ1n) is 7.97. The Bertz CT molecular complexity index is 941. The first kappa shape index (κ1) is 17.7. The second-order valence-corrected chi connectivity index (χ2v) is 6.75. The first-order valence-corrected chi connectivity index (χ1v) is 8.79. The van der Waals surface area contributed by atoms with Crippen molar-refractivity contribution >= 4 is 17.3 Å². The van der Waals surface area contributed by atoms with Crippen molar-refractivity contribution in [3.8, 4) is 33.8 Å². The molecule has 0 aliphatic carbocycles. The Morgan fingerprint density at radius 1 is 1.38 bits per heavy atom. The lowest BCUT2D eigenvalue weighted by Crippen LogP contribution is -2.08. The molecule has 2 heterocycles. The minimum absolute atomic E-state index is 0.0950. The van der Waals surface area contributed by atoms with E-state index in [9.17, 15) is 9.90 Å². The minimum Gasteiger partial charge on any atom is -0.493 e. The van der Waals surface area contributed by atoms with Crippen LogP contribution in [0.5, 0.6) is 5.75 Å². The number of nitrogens with zero attached hydrogens (tertiary/aromatic N) is 2. The van der Waals surface area contributed by atoms with E-state index in [4.69, 9.17) is 14.4 Å². The number of carboxylic acids is 1. The monoisotopic (exact) mass is 368 g/mol. The molecule has 3 aromatic rings. The van der Waals surface area contributed by atoms with Crippen molar-refractivity contribution in [2.45, 2.75) is 13.3 Å². The second-order valence-electron chi connectivity index (χ2n) is 5.75. The second kappa shape index (κ2) is 7.85. The van der Waals surface area contributed by atoms with Crippen LogP contribution >= 0.6 is 11.3 Å². The topological polar surface area (TPSA) is 96.4 Å². The van der Waals surface area contributed by atoms with Gasteiger partial charge in [-0.05, 0) is 24.3 Å². The van der Waals surface area contributed by atoms with Gasteiger partial charge < -0.3 is 14.3 Å². The van der Waals surface area contributed by atoms with Crippen LogP contribution in [-0.2, 0) is 0 Å². The number of rotatable bonds is 7. The number of para-hydroxylation sites is 1. The average Bonchev–Trinajstić information content (AvgIpc) is 3.29. The van der Waals surface area contributed by atoms with E-state index in [1.807, 2.05) is 31.2 Å². The lowest BCUT2D eigenvalue weighted by atomic mass is 10.1. The zero-order valence-electron chi connectivity index (χ0n) is 14.0. The van der Waals surface area contributed by atoms with Crippen LogP contribution in [0.25, 0.3) is 22.0 Å². The van der Waals surface area contributed by atoms with Gasteiger partial charge in [0.15, 0.2) is 5.76 Å². The van der Waals surface area contributed by atoms with Crippen LogP contribution in [0.4, 0.5) is 0 Å². The Hall–Kier alpha value is -3.11. The smallest absolute Gasteiger partial charge is 0.348 e. The average molecular weight is 368 g/mol. The number of hydrogen-bond acceptors (Lipinski definition) is 6. The molecule has 132 valence electrons. The summed E-state index contributed by atoms with van der Waals surface area (Å²) in [5.41, 5.74) is 1.01. The molecule has 0 radical (unpaired) electrons. The van der Waals surface area contributed by atoms with Crippen LogP contribution in [0.15, 0.2) is 47.1 Å². The Morgan fingerprint density at radius 2 is 2.19 bits per heavy atom. The van der Waals surface area contributed by atoms with E-state index < -0.39 is 5.97 Å². The van der Waals surface area contributed by atoms with Crippen molar-refractivity contribution < 1.29 is 19.1 Å². The highest BCUT2D eigenvalue weighted by molar-refractivity contribution is 7.17. The molecule has 0 bridgehead atoms. The molecule has 26 heavy (non-hydrogen) atoms. The van der Waals surface area contributed by atoms with Gasteiger partial charge in [0.05, 0.1) is 24.5 Å². The number of ether oxygens (including phenoxy) is 1. The van der Waals surface area contributed by atoms with E-state index in [2.05, 4.69) is 11.1 Å². The van der Waals surface area contributed by atoms with Gasteiger partial charge in [0.25, 0.3) is 0 Å². The Kier molecular flexibility index (Phi) is 5.34. The van der Waals surface area contributed by atoms with Gasteiger partial charge in [-0.25, -0.2) is 9.78 Å². The van der Waals surface area contributed by atoms with E-state index in [0.717, 1.165) is 11.3 Å². The first-order chi connectivity index (χ1) is 12.6. The van der Waals surface area contributed by atoms with E-state index in [1.54, 1.807) is 12.1 Å². The van der Waals surface area contributed by atoms with Crippen molar-refractivity contribution in [1.82, 2.24) is 4.98 Å². The maximum absolute atomic E-state index is 11.6. The van der Waals surface area contributed by atoms with E-state index in [0.29, 0.717) is 40.8 Å². The molecule has 1 aromatic carbocycles. The van der Waals surface area contributed by atoms with Crippen LogP contribution in [0, 0.1) is 17.2 Å². The summed E-state index contributed by atoms with van der Waals surface area (Å²) in [7, 11) is 0. The highest BCUT2D eigenvalue weighted by Crippen LogP contribution is 2.38. The number of furan rings is 1. The predicted octanol–water partition coefficient (Wildman–Crippen LogP) is 4.70. The number of carbonyl (C=O) groups is 1. The quantitative estimate of drug-likeness (QED) is 0.649. The number of thiazole rings is 1. The lowest BCUT2D eigenvalue weighted by Gasteiger charge is -2.12. The number of hydrogen-bond donors (Lipinski definition) is 1. The number of carboxylic acid groups (broad SMARTS) is 1. The molecule has 3 rings (SSSR count). The normalized spacial score (nSPS) is 11.7. The summed E-state index contributed by atoms with van der Waals surface area (Å²) in [6.45, 7) is 2.33. The summed E-state index contributed by atoms with van der Waals surface area (Å²) < 4.78 is 11.2. The fraction of sp³-hybridized carbons (Fsp3) is 0.211. The molecule has 0 saturated carbocycles. The molecule has 0 fully saturated rings. The Labute approximate surface area is 154 Å². The van der Waals surface area contributed by atoms with Gasteiger partial charge in [0.2, 0.25) is 0 Å². The molecule has 0 amide bonds. The molecule has 1 unspecified atom stereocenters. The summed E-state index contributed by atoms with van der Waals surface area (Å²) in [6.07, 6.45) is 1.89. The third-order valence-electron chi connectivity index (χ3n) is 3.66. The molecule has 1 N–H and O–H groups in total. The molecule has 0 aliphatic rings.